The first-order valence-electron chi connectivity index (χ1n) is 14.4. The van der Waals surface area contributed by atoms with Crippen LogP contribution < -0.4 is 0 Å². The van der Waals surface area contributed by atoms with Gasteiger partial charge in [-0.05, 0) is 25.2 Å². The third-order valence-electron chi connectivity index (χ3n) is 6.65. The highest BCUT2D eigenvalue weighted by atomic mass is 16.5. The third kappa shape index (κ3) is 24.0. The zero-order valence-corrected chi connectivity index (χ0v) is 21.9. The summed E-state index contributed by atoms with van der Waals surface area (Å²) in [5.41, 5.74) is 0. The standard InChI is InChI=1S/C29H58O2/c1-4-7-10-13-16-17-19-22-25-28(24-21-18-14-11-8-5-2)27-29(30)31-26-23-20-15-12-9-6-3/h28H,4-27H2,1-3H3. The van der Waals surface area contributed by atoms with E-state index in [1.807, 2.05) is 0 Å². The summed E-state index contributed by atoms with van der Waals surface area (Å²) in [4.78, 5) is 12.4. The molecule has 0 aliphatic carbocycles. The second kappa shape index (κ2) is 25.7. The first-order chi connectivity index (χ1) is 15.2. The summed E-state index contributed by atoms with van der Waals surface area (Å²) >= 11 is 0. The number of carbonyl (C=O) groups excluding carboxylic acids is 1. The van der Waals surface area contributed by atoms with Crippen molar-refractivity contribution in [3.63, 3.8) is 0 Å². The highest BCUT2D eigenvalue weighted by Crippen LogP contribution is 2.23. The Morgan fingerprint density at radius 3 is 1.29 bits per heavy atom. The quantitative estimate of drug-likeness (QED) is 0.105. The lowest BCUT2D eigenvalue weighted by Crippen LogP contribution is -2.13. The molecule has 0 spiro atoms. The van der Waals surface area contributed by atoms with Crippen LogP contribution in [0.3, 0.4) is 0 Å². The van der Waals surface area contributed by atoms with Crippen molar-refractivity contribution in [3.8, 4) is 0 Å². The molecule has 0 N–H and O–H groups in total. The molecule has 0 radical (unpaired) electrons. The smallest absolute Gasteiger partial charge is 0.306 e. The lowest BCUT2D eigenvalue weighted by atomic mass is 9.91. The molecular weight excluding hydrogens is 380 g/mol. The molecule has 31 heavy (non-hydrogen) atoms. The van der Waals surface area contributed by atoms with Crippen LogP contribution in [0, 0.1) is 5.92 Å². The summed E-state index contributed by atoms with van der Waals surface area (Å²) in [6.07, 6.45) is 29.5. The van der Waals surface area contributed by atoms with E-state index in [4.69, 9.17) is 4.74 Å². The Balaban J connectivity index is 3.99. The molecule has 1 unspecified atom stereocenters. The summed E-state index contributed by atoms with van der Waals surface area (Å²) in [5.74, 6) is 0.604. The van der Waals surface area contributed by atoms with Crippen molar-refractivity contribution < 1.29 is 9.53 Å². The Kier molecular flexibility index (Phi) is 25.3. The van der Waals surface area contributed by atoms with E-state index in [2.05, 4.69) is 20.8 Å². The zero-order chi connectivity index (χ0) is 22.8. The van der Waals surface area contributed by atoms with Crippen molar-refractivity contribution in [1.82, 2.24) is 0 Å². The molecule has 0 fully saturated rings. The Labute approximate surface area is 196 Å². The number of ether oxygens (including phenoxy) is 1. The monoisotopic (exact) mass is 438 g/mol. The molecular formula is C29H58O2. The lowest BCUT2D eigenvalue weighted by molar-refractivity contribution is -0.145. The fourth-order valence-corrected chi connectivity index (χ4v) is 4.49. The Morgan fingerprint density at radius 1 is 0.516 bits per heavy atom. The van der Waals surface area contributed by atoms with Crippen LogP contribution in [0.1, 0.15) is 168 Å². The van der Waals surface area contributed by atoms with Crippen LogP contribution in [-0.2, 0) is 9.53 Å². The molecule has 0 rings (SSSR count). The average molecular weight is 439 g/mol. The van der Waals surface area contributed by atoms with Crippen LogP contribution in [0.2, 0.25) is 0 Å². The highest BCUT2D eigenvalue weighted by Gasteiger charge is 2.15. The molecule has 0 aromatic heterocycles. The molecule has 0 aromatic rings. The molecule has 186 valence electrons. The van der Waals surface area contributed by atoms with E-state index in [1.165, 1.54) is 135 Å². The molecule has 0 aliphatic rings. The highest BCUT2D eigenvalue weighted by molar-refractivity contribution is 5.69. The van der Waals surface area contributed by atoms with Crippen LogP contribution in [-0.4, -0.2) is 12.6 Å². The number of hydrogen-bond donors (Lipinski definition) is 0. The predicted molar refractivity (Wildman–Crippen MR) is 138 cm³/mol. The summed E-state index contributed by atoms with van der Waals surface area (Å²) < 4.78 is 5.58. The van der Waals surface area contributed by atoms with Gasteiger partial charge in [-0.1, -0.05) is 143 Å². The van der Waals surface area contributed by atoms with Crippen molar-refractivity contribution in [1.29, 1.82) is 0 Å². The van der Waals surface area contributed by atoms with E-state index in [9.17, 15) is 4.79 Å². The van der Waals surface area contributed by atoms with Gasteiger partial charge in [0, 0.05) is 6.42 Å². The van der Waals surface area contributed by atoms with Crippen molar-refractivity contribution in [2.45, 2.75) is 168 Å². The molecule has 0 aromatic carbocycles. The minimum absolute atomic E-state index is 0.0594. The summed E-state index contributed by atoms with van der Waals surface area (Å²) in [5, 5.41) is 0. The van der Waals surface area contributed by atoms with E-state index in [0.717, 1.165) is 6.42 Å². The maximum Gasteiger partial charge on any atom is 0.306 e. The van der Waals surface area contributed by atoms with Gasteiger partial charge in [0.05, 0.1) is 6.61 Å². The molecule has 0 bridgehead atoms. The zero-order valence-electron chi connectivity index (χ0n) is 21.9. The Morgan fingerprint density at radius 2 is 0.871 bits per heavy atom. The normalized spacial score (nSPS) is 12.2. The summed E-state index contributed by atoms with van der Waals surface area (Å²) in [6.45, 7) is 7.43. The van der Waals surface area contributed by atoms with E-state index in [1.54, 1.807) is 0 Å². The summed E-state index contributed by atoms with van der Waals surface area (Å²) in [6, 6.07) is 0. The van der Waals surface area contributed by atoms with Gasteiger partial charge in [0.25, 0.3) is 0 Å². The number of esters is 1. The van der Waals surface area contributed by atoms with Gasteiger partial charge in [-0.25, -0.2) is 0 Å². The number of unbranched alkanes of at least 4 members (excludes halogenated alkanes) is 17. The molecule has 0 saturated carbocycles. The molecule has 2 nitrogen and oxygen atoms in total. The van der Waals surface area contributed by atoms with Crippen LogP contribution >= 0.6 is 0 Å². The second-order valence-electron chi connectivity index (χ2n) is 9.88. The maximum atomic E-state index is 12.4. The Hall–Kier alpha value is -0.530. The van der Waals surface area contributed by atoms with E-state index >= 15 is 0 Å². The van der Waals surface area contributed by atoms with Crippen LogP contribution in [0.15, 0.2) is 0 Å². The second-order valence-corrected chi connectivity index (χ2v) is 9.88. The molecule has 1 atom stereocenters. The lowest BCUT2D eigenvalue weighted by Gasteiger charge is -2.16. The minimum atomic E-state index is 0.0594. The van der Waals surface area contributed by atoms with Gasteiger partial charge in [-0.3, -0.25) is 4.79 Å². The molecule has 0 aliphatic heterocycles. The minimum Gasteiger partial charge on any atom is -0.466 e. The molecule has 0 heterocycles. The number of carbonyl (C=O) groups is 1. The fourth-order valence-electron chi connectivity index (χ4n) is 4.49. The fraction of sp³-hybridized carbons (Fsp3) is 0.966. The van der Waals surface area contributed by atoms with Crippen molar-refractivity contribution in [3.05, 3.63) is 0 Å². The SMILES string of the molecule is CCCCCCCCCCC(CCCCCCCC)CC(=O)OCCCCCCCC. The van der Waals surface area contributed by atoms with Crippen molar-refractivity contribution in [2.75, 3.05) is 6.61 Å². The van der Waals surface area contributed by atoms with Crippen LogP contribution in [0.25, 0.3) is 0 Å². The van der Waals surface area contributed by atoms with Crippen LogP contribution in [0.4, 0.5) is 0 Å². The third-order valence-corrected chi connectivity index (χ3v) is 6.65. The van der Waals surface area contributed by atoms with Crippen molar-refractivity contribution >= 4 is 5.97 Å². The van der Waals surface area contributed by atoms with Gasteiger partial charge in [0.1, 0.15) is 0 Å². The van der Waals surface area contributed by atoms with Gasteiger partial charge < -0.3 is 4.74 Å². The van der Waals surface area contributed by atoms with Gasteiger partial charge >= 0.3 is 5.97 Å². The first-order valence-corrected chi connectivity index (χ1v) is 14.4. The molecule has 0 amide bonds. The van der Waals surface area contributed by atoms with E-state index < -0.39 is 0 Å². The molecule has 2 heteroatoms. The van der Waals surface area contributed by atoms with Gasteiger partial charge in [-0.15, -0.1) is 0 Å². The van der Waals surface area contributed by atoms with Crippen LogP contribution in [0.5, 0.6) is 0 Å². The Bertz CT molecular complexity index is 353. The van der Waals surface area contributed by atoms with Gasteiger partial charge in [-0.2, -0.15) is 0 Å². The van der Waals surface area contributed by atoms with Gasteiger partial charge in [0.15, 0.2) is 0 Å². The number of hydrogen-bond acceptors (Lipinski definition) is 2. The largest absolute Gasteiger partial charge is 0.466 e. The van der Waals surface area contributed by atoms with Crippen molar-refractivity contribution in [2.24, 2.45) is 5.92 Å². The first kappa shape index (κ1) is 30.5. The van der Waals surface area contributed by atoms with E-state index in [0.29, 0.717) is 18.9 Å². The topological polar surface area (TPSA) is 26.3 Å². The van der Waals surface area contributed by atoms with Gasteiger partial charge in [0.2, 0.25) is 0 Å². The van der Waals surface area contributed by atoms with E-state index in [-0.39, 0.29) is 5.97 Å². The number of rotatable bonds is 25. The average Bonchev–Trinajstić information content (AvgIpc) is 2.77. The molecule has 0 saturated heterocycles. The summed E-state index contributed by atoms with van der Waals surface area (Å²) in [7, 11) is 0. The maximum absolute atomic E-state index is 12.4. The predicted octanol–water partition coefficient (Wildman–Crippen LogP) is 10.2.